The number of nitro groups is 1. The number of non-ortho nitro benzene ring substituents is 1. The summed E-state index contributed by atoms with van der Waals surface area (Å²) in [4.78, 5) is 10.3. The number of nitrogens with zero attached hydrogens (tertiary/aromatic N) is 1. The molecule has 0 aliphatic heterocycles. The van der Waals surface area contributed by atoms with Crippen LogP contribution < -0.4 is 4.74 Å². The highest BCUT2D eigenvalue weighted by atomic mass is 16.6. The molecule has 5 nitrogen and oxygen atoms in total. The Morgan fingerprint density at radius 3 is 1.75 bits per heavy atom. The second-order valence-corrected chi connectivity index (χ2v) is 6.66. The Morgan fingerprint density at radius 2 is 1.29 bits per heavy atom. The minimum absolute atomic E-state index is 0.0701. The molecule has 0 spiro atoms. The topological polar surface area (TPSA) is 61.6 Å². The third-order valence-corrected chi connectivity index (χ3v) is 4.21. The average Bonchev–Trinajstić information content (AvgIpc) is 2.55. The summed E-state index contributed by atoms with van der Waals surface area (Å²) in [6.45, 7) is 7.87. The molecule has 128 valence electrons. The molecule has 0 aromatic heterocycles. The molecule has 2 aromatic carbocycles. The maximum atomic E-state index is 10.8. The lowest BCUT2D eigenvalue weighted by Gasteiger charge is -2.28. The van der Waals surface area contributed by atoms with E-state index in [2.05, 4.69) is 0 Å². The predicted molar refractivity (Wildman–Crippen MR) is 93.2 cm³/mol. The Bertz CT molecular complexity index is 703. The van der Waals surface area contributed by atoms with Gasteiger partial charge in [0.1, 0.15) is 11.4 Å². The zero-order valence-electron chi connectivity index (χ0n) is 14.7. The lowest BCUT2D eigenvalue weighted by Crippen LogP contribution is -2.25. The van der Waals surface area contributed by atoms with Crippen molar-refractivity contribution < 1.29 is 14.4 Å². The largest absolute Gasteiger partial charge is 0.483 e. The molecule has 0 bridgehead atoms. The van der Waals surface area contributed by atoms with Crippen molar-refractivity contribution in [2.24, 2.45) is 0 Å². The van der Waals surface area contributed by atoms with Gasteiger partial charge in [-0.15, -0.1) is 0 Å². The molecule has 0 fully saturated rings. The van der Waals surface area contributed by atoms with Gasteiger partial charge in [0.2, 0.25) is 0 Å². The van der Waals surface area contributed by atoms with E-state index >= 15 is 0 Å². The first-order valence-electron chi connectivity index (χ1n) is 7.75. The summed E-state index contributed by atoms with van der Waals surface area (Å²) in [5, 5.41) is 10.8. The van der Waals surface area contributed by atoms with E-state index in [-0.39, 0.29) is 11.3 Å². The molecule has 0 atom stereocenters. The average molecular weight is 329 g/mol. The van der Waals surface area contributed by atoms with Gasteiger partial charge in [-0.05, 0) is 63.1 Å². The SMILES string of the molecule is COC(C)(C)c1ccc(OC(C)(C)c2ccc([N+](=O)[O-])cc2)cc1. The van der Waals surface area contributed by atoms with E-state index in [1.807, 2.05) is 52.0 Å². The van der Waals surface area contributed by atoms with Crippen LogP contribution >= 0.6 is 0 Å². The van der Waals surface area contributed by atoms with Crippen molar-refractivity contribution in [3.05, 3.63) is 69.8 Å². The van der Waals surface area contributed by atoms with Crippen molar-refractivity contribution in [2.75, 3.05) is 7.11 Å². The van der Waals surface area contributed by atoms with Crippen molar-refractivity contribution in [2.45, 2.75) is 38.9 Å². The van der Waals surface area contributed by atoms with Crippen LogP contribution in [0.15, 0.2) is 48.5 Å². The number of hydrogen-bond donors (Lipinski definition) is 0. The van der Waals surface area contributed by atoms with Gasteiger partial charge in [-0.1, -0.05) is 12.1 Å². The second kappa shape index (κ2) is 6.61. The molecule has 0 aliphatic rings. The van der Waals surface area contributed by atoms with Gasteiger partial charge in [-0.25, -0.2) is 0 Å². The molecule has 5 heteroatoms. The van der Waals surface area contributed by atoms with Gasteiger partial charge in [0.25, 0.3) is 5.69 Å². The molecule has 2 aromatic rings. The van der Waals surface area contributed by atoms with E-state index in [9.17, 15) is 10.1 Å². The summed E-state index contributed by atoms with van der Waals surface area (Å²) in [6.07, 6.45) is 0. The fourth-order valence-corrected chi connectivity index (χ4v) is 2.38. The first kappa shape index (κ1) is 17.9. The lowest BCUT2D eigenvalue weighted by atomic mass is 9.96. The molecule has 2 rings (SSSR count). The van der Waals surface area contributed by atoms with Crippen LogP contribution in [0.5, 0.6) is 5.75 Å². The van der Waals surface area contributed by atoms with Crippen molar-refractivity contribution >= 4 is 5.69 Å². The van der Waals surface area contributed by atoms with E-state index in [1.54, 1.807) is 19.2 Å². The first-order valence-corrected chi connectivity index (χ1v) is 7.75. The zero-order valence-corrected chi connectivity index (χ0v) is 14.7. The van der Waals surface area contributed by atoms with Crippen molar-refractivity contribution in [1.29, 1.82) is 0 Å². The number of rotatable bonds is 6. The second-order valence-electron chi connectivity index (χ2n) is 6.66. The first-order chi connectivity index (χ1) is 11.2. The lowest BCUT2D eigenvalue weighted by molar-refractivity contribution is -0.384. The van der Waals surface area contributed by atoms with Crippen LogP contribution in [0.1, 0.15) is 38.8 Å². The van der Waals surface area contributed by atoms with Crippen LogP contribution in [0.3, 0.4) is 0 Å². The van der Waals surface area contributed by atoms with E-state index in [0.29, 0.717) is 0 Å². The summed E-state index contributed by atoms with van der Waals surface area (Å²) >= 11 is 0. The van der Waals surface area contributed by atoms with Crippen molar-refractivity contribution in [3.63, 3.8) is 0 Å². The predicted octanol–water partition coefficient (Wildman–Crippen LogP) is 4.79. The van der Waals surface area contributed by atoms with Gasteiger partial charge in [0, 0.05) is 19.2 Å². The van der Waals surface area contributed by atoms with E-state index in [0.717, 1.165) is 16.9 Å². The number of nitro benzene ring substituents is 1. The Labute approximate surface area is 142 Å². The molecule has 0 heterocycles. The monoisotopic (exact) mass is 329 g/mol. The molecule has 24 heavy (non-hydrogen) atoms. The number of hydrogen-bond acceptors (Lipinski definition) is 4. The maximum Gasteiger partial charge on any atom is 0.269 e. The third kappa shape index (κ3) is 3.92. The van der Waals surface area contributed by atoms with Crippen molar-refractivity contribution in [3.8, 4) is 5.75 Å². The van der Waals surface area contributed by atoms with Gasteiger partial charge in [0.15, 0.2) is 0 Å². The highest BCUT2D eigenvalue weighted by molar-refractivity contribution is 5.36. The zero-order chi connectivity index (χ0) is 18.0. The standard InChI is InChI=1S/C19H23NO4/c1-18(2,23-5)14-8-12-17(13-9-14)24-19(3,4)15-6-10-16(11-7-15)20(21)22/h6-13H,1-5H3. The Morgan fingerprint density at radius 1 is 0.833 bits per heavy atom. The molecule has 0 amide bonds. The molecule has 0 aliphatic carbocycles. The van der Waals surface area contributed by atoms with Gasteiger partial charge in [0.05, 0.1) is 10.5 Å². The summed E-state index contributed by atoms with van der Waals surface area (Å²) in [6, 6.07) is 14.2. The van der Waals surface area contributed by atoms with Crippen LogP contribution in [-0.4, -0.2) is 12.0 Å². The molecule has 0 radical (unpaired) electrons. The fraction of sp³-hybridized carbons (Fsp3) is 0.368. The molecule has 0 saturated heterocycles. The smallest absolute Gasteiger partial charge is 0.269 e. The molecular weight excluding hydrogens is 306 g/mol. The van der Waals surface area contributed by atoms with Gasteiger partial charge in [-0.2, -0.15) is 0 Å². The van der Waals surface area contributed by atoms with E-state index in [4.69, 9.17) is 9.47 Å². The fourth-order valence-electron chi connectivity index (χ4n) is 2.38. The molecule has 0 N–H and O–H groups in total. The van der Waals surface area contributed by atoms with E-state index < -0.39 is 10.5 Å². The maximum absolute atomic E-state index is 10.8. The number of benzene rings is 2. The van der Waals surface area contributed by atoms with Crippen LogP contribution in [-0.2, 0) is 15.9 Å². The highest BCUT2D eigenvalue weighted by Crippen LogP contribution is 2.31. The van der Waals surface area contributed by atoms with E-state index in [1.165, 1.54) is 12.1 Å². The van der Waals surface area contributed by atoms with Crippen LogP contribution in [0.4, 0.5) is 5.69 Å². The third-order valence-electron chi connectivity index (χ3n) is 4.21. The van der Waals surface area contributed by atoms with Crippen LogP contribution in [0.25, 0.3) is 0 Å². The molecule has 0 unspecified atom stereocenters. The molecular formula is C19H23NO4. The van der Waals surface area contributed by atoms with Crippen LogP contribution in [0, 0.1) is 10.1 Å². The van der Waals surface area contributed by atoms with Crippen molar-refractivity contribution in [1.82, 2.24) is 0 Å². The Balaban J connectivity index is 2.18. The minimum atomic E-state index is -0.604. The van der Waals surface area contributed by atoms with Gasteiger partial charge >= 0.3 is 0 Å². The number of methoxy groups -OCH3 is 1. The summed E-state index contributed by atoms with van der Waals surface area (Å²) in [5.41, 5.74) is 1.04. The highest BCUT2D eigenvalue weighted by Gasteiger charge is 2.24. The van der Waals surface area contributed by atoms with Gasteiger partial charge in [-0.3, -0.25) is 10.1 Å². The summed E-state index contributed by atoms with van der Waals surface area (Å²) < 4.78 is 11.5. The van der Waals surface area contributed by atoms with Crippen LogP contribution in [0.2, 0.25) is 0 Å². The quantitative estimate of drug-likeness (QED) is 0.564. The summed E-state index contributed by atoms with van der Waals surface area (Å²) in [7, 11) is 1.68. The molecule has 0 saturated carbocycles. The Hall–Kier alpha value is -2.40. The minimum Gasteiger partial charge on any atom is -0.483 e. The normalized spacial score (nSPS) is 12.0. The van der Waals surface area contributed by atoms with Gasteiger partial charge < -0.3 is 9.47 Å². The Kier molecular flexibility index (Phi) is 4.94. The number of ether oxygens (including phenoxy) is 2. The summed E-state index contributed by atoms with van der Waals surface area (Å²) in [5.74, 6) is 0.731.